The molecule has 1 aliphatic carbocycles. The molecule has 19 heavy (non-hydrogen) atoms. The van der Waals surface area contributed by atoms with Crippen molar-refractivity contribution in [2.75, 3.05) is 45.9 Å². The molecular formula is C14H27N3O2. The van der Waals surface area contributed by atoms with Gasteiger partial charge >= 0.3 is 0 Å². The van der Waals surface area contributed by atoms with Crippen LogP contribution < -0.4 is 5.73 Å². The maximum absolute atomic E-state index is 12.7. The number of nitrogens with zero attached hydrogens (tertiary/aromatic N) is 2. The fourth-order valence-corrected chi connectivity index (χ4v) is 3.39. The predicted octanol–water partition coefficient (Wildman–Crippen LogP) is 0.0321. The molecule has 5 nitrogen and oxygen atoms in total. The number of carbonyl (C=O) groups is 1. The first-order chi connectivity index (χ1) is 9.22. The zero-order valence-electron chi connectivity index (χ0n) is 11.8. The van der Waals surface area contributed by atoms with Gasteiger partial charge in [-0.05, 0) is 12.8 Å². The molecule has 0 aromatic rings. The molecule has 0 aromatic heterocycles. The predicted molar refractivity (Wildman–Crippen MR) is 74.7 cm³/mol. The number of rotatable bonds is 4. The number of carbonyl (C=O) groups excluding carboxylic acids is 1. The first kappa shape index (κ1) is 14.8. The van der Waals surface area contributed by atoms with Gasteiger partial charge in [0.2, 0.25) is 5.91 Å². The van der Waals surface area contributed by atoms with Crippen LogP contribution in [0.25, 0.3) is 0 Å². The van der Waals surface area contributed by atoms with Crippen molar-refractivity contribution in [3.05, 3.63) is 0 Å². The molecule has 5 heteroatoms. The molecule has 3 N–H and O–H groups in total. The molecule has 1 saturated heterocycles. The number of nitrogens with two attached hydrogens (primary N) is 1. The summed E-state index contributed by atoms with van der Waals surface area (Å²) in [6.07, 6.45) is 5.42. The zero-order chi connectivity index (χ0) is 13.7. The highest BCUT2D eigenvalue weighted by Crippen LogP contribution is 2.37. The van der Waals surface area contributed by atoms with Gasteiger partial charge in [-0.1, -0.05) is 19.3 Å². The maximum Gasteiger partial charge on any atom is 0.230 e. The summed E-state index contributed by atoms with van der Waals surface area (Å²) in [6, 6.07) is 0. The Morgan fingerprint density at radius 1 is 1.11 bits per heavy atom. The maximum atomic E-state index is 12.7. The highest BCUT2D eigenvalue weighted by Gasteiger charge is 2.41. The number of hydrogen-bond donors (Lipinski definition) is 2. The summed E-state index contributed by atoms with van der Waals surface area (Å²) in [5.74, 6) is 0.276. The lowest BCUT2D eigenvalue weighted by Crippen LogP contribution is -2.55. The Morgan fingerprint density at radius 3 is 2.26 bits per heavy atom. The van der Waals surface area contributed by atoms with Crippen LogP contribution in [0.4, 0.5) is 0 Å². The van der Waals surface area contributed by atoms with E-state index < -0.39 is 0 Å². The van der Waals surface area contributed by atoms with E-state index in [1.54, 1.807) is 0 Å². The van der Waals surface area contributed by atoms with Crippen LogP contribution in [0.1, 0.15) is 32.1 Å². The molecule has 1 saturated carbocycles. The van der Waals surface area contributed by atoms with E-state index in [9.17, 15) is 4.79 Å². The van der Waals surface area contributed by atoms with Gasteiger partial charge in [0.25, 0.3) is 0 Å². The van der Waals surface area contributed by atoms with Crippen molar-refractivity contribution in [3.8, 4) is 0 Å². The first-order valence-electron chi connectivity index (χ1n) is 7.54. The van der Waals surface area contributed by atoms with E-state index in [4.69, 9.17) is 10.8 Å². The number of aliphatic hydroxyl groups excluding tert-OH is 1. The largest absolute Gasteiger partial charge is 0.395 e. The molecule has 0 atom stereocenters. The van der Waals surface area contributed by atoms with Gasteiger partial charge < -0.3 is 15.7 Å². The quantitative estimate of drug-likeness (QED) is 0.755. The second kappa shape index (κ2) is 6.68. The van der Waals surface area contributed by atoms with Gasteiger partial charge in [-0.2, -0.15) is 0 Å². The summed E-state index contributed by atoms with van der Waals surface area (Å²) in [6.45, 7) is 4.69. The second-order valence-corrected chi connectivity index (χ2v) is 5.90. The van der Waals surface area contributed by atoms with Gasteiger partial charge in [0, 0.05) is 39.3 Å². The standard InChI is InChI=1S/C14H27N3O2/c15-12-14(4-2-1-3-5-14)13(19)17-8-6-16(7-9-17)10-11-18/h18H,1-12,15H2. The fourth-order valence-electron chi connectivity index (χ4n) is 3.39. The highest BCUT2D eigenvalue weighted by atomic mass is 16.3. The molecule has 0 spiro atoms. The van der Waals surface area contributed by atoms with E-state index in [0.29, 0.717) is 13.1 Å². The topological polar surface area (TPSA) is 69.8 Å². The van der Waals surface area contributed by atoms with Crippen LogP contribution in [0.2, 0.25) is 0 Å². The minimum absolute atomic E-state index is 0.195. The lowest BCUT2D eigenvalue weighted by atomic mass is 9.73. The Kier molecular flexibility index (Phi) is 5.19. The molecule has 0 radical (unpaired) electrons. The molecule has 0 bridgehead atoms. The average molecular weight is 269 g/mol. The van der Waals surface area contributed by atoms with E-state index >= 15 is 0 Å². The normalized spacial score (nSPS) is 24.4. The van der Waals surface area contributed by atoms with E-state index in [0.717, 1.165) is 51.9 Å². The summed E-state index contributed by atoms with van der Waals surface area (Å²) in [4.78, 5) is 16.9. The Balaban J connectivity index is 1.92. The summed E-state index contributed by atoms with van der Waals surface area (Å²) >= 11 is 0. The molecule has 1 aliphatic heterocycles. The van der Waals surface area contributed by atoms with Crippen molar-refractivity contribution in [1.29, 1.82) is 0 Å². The molecule has 2 rings (SSSR count). The Bertz CT molecular complexity index is 295. The molecule has 1 heterocycles. The van der Waals surface area contributed by atoms with Crippen molar-refractivity contribution < 1.29 is 9.90 Å². The van der Waals surface area contributed by atoms with Crippen LogP contribution in [0.15, 0.2) is 0 Å². The Morgan fingerprint density at radius 2 is 1.74 bits per heavy atom. The molecule has 2 fully saturated rings. The van der Waals surface area contributed by atoms with Crippen LogP contribution in [0.5, 0.6) is 0 Å². The van der Waals surface area contributed by atoms with E-state index in [1.165, 1.54) is 6.42 Å². The van der Waals surface area contributed by atoms with Crippen LogP contribution in [0.3, 0.4) is 0 Å². The van der Waals surface area contributed by atoms with Crippen molar-refractivity contribution in [1.82, 2.24) is 9.80 Å². The van der Waals surface area contributed by atoms with Crippen LogP contribution in [-0.4, -0.2) is 66.7 Å². The highest BCUT2D eigenvalue weighted by molar-refractivity contribution is 5.83. The summed E-state index contributed by atoms with van der Waals surface area (Å²) in [5.41, 5.74) is 5.65. The monoisotopic (exact) mass is 269 g/mol. The smallest absolute Gasteiger partial charge is 0.230 e. The number of hydrogen-bond acceptors (Lipinski definition) is 4. The third kappa shape index (κ3) is 3.27. The van der Waals surface area contributed by atoms with E-state index in [-0.39, 0.29) is 17.9 Å². The number of aliphatic hydroxyl groups is 1. The Labute approximate surface area is 115 Å². The van der Waals surface area contributed by atoms with Gasteiger partial charge in [-0.15, -0.1) is 0 Å². The fraction of sp³-hybridized carbons (Fsp3) is 0.929. The molecule has 2 aliphatic rings. The number of piperazine rings is 1. The number of β-amino-alcohol motifs (C(OH)–C–C–N with tert-alkyl or cyclic N) is 1. The van der Waals surface area contributed by atoms with Crippen molar-refractivity contribution in [3.63, 3.8) is 0 Å². The average Bonchev–Trinajstić information content (AvgIpc) is 2.48. The zero-order valence-corrected chi connectivity index (χ0v) is 11.8. The van der Waals surface area contributed by atoms with Crippen molar-refractivity contribution in [2.24, 2.45) is 11.1 Å². The van der Waals surface area contributed by atoms with Gasteiger partial charge in [-0.3, -0.25) is 9.69 Å². The molecular weight excluding hydrogens is 242 g/mol. The lowest BCUT2D eigenvalue weighted by molar-refractivity contribution is -0.145. The molecule has 0 aromatic carbocycles. The van der Waals surface area contributed by atoms with Crippen LogP contribution >= 0.6 is 0 Å². The first-order valence-corrected chi connectivity index (χ1v) is 7.54. The minimum atomic E-state index is -0.280. The van der Waals surface area contributed by atoms with Gasteiger partial charge in [-0.25, -0.2) is 0 Å². The minimum Gasteiger partial charge on any atom is -0.395 e. The van der Waals surface area contributed by atoms with Crippen molar-refractivity contribution in [2.45, 2.75) is 32.1 Å². The SMILES string of the molecule is NCC1(C(=O)N2CCN(CCO)CC2)CCCCC1. The van der Waals surface area contributed by atoms with Gasteiger partial charge in [0.15, 0.2) is 0 Å². The third-order valence-corrected chi connectivity index (χ3v) is 4.73. The molecule has 1 amide bonds. The summed E-state index contributed by atoms with van der Waals surface area (Å²) < 4.78 is 0. The lowest BCUT2D eigenvalue weighted by Gasteiger charge is -2.42. The third-order valence-electron chi connectivity index (χ3n) is 4.73. The van der Waals surface area contributed by atoms with Crippen LogP contribution in [-0.2, 0) is 4.79 Å². The molecule has 110 valence electrons. The molecule has 0 unspecified atom stereocenters. The van der Waals surface area contributed by atoms with E-state index in [1.807, 2.05) is 4.90 Å². The summed E-state index contributed by atoms with van der Waals surface area (Å²) in [5, 5.41) is 8.94. The van der Waals surface area contributed by atoms with Crippen LogP contribution in [0, 0.1) is 5.41 Å². The van der Waals surface area contributed by atoms with Crippen molar-refractivity contribution >= 4 is 5.91 Å². The summed E-state index contributed by atoms with van der Waals surface area (Å²) in [7, 11) is 0. The second-order valence-electron chi connectivity index (χ2n) is 5.90. The van der Waals surface area contributed by atoms with E-state index in [2.05, 4.69) is 4.90 Å². The van der Waals surface area contributed by atoms with Gasteiger partial charge in [0.05, 0.1) is 12.0 Å². The number of amides is 1. The van der Waals surface area contributed by atoms with Gasteiger partial charge in [0.1, 0.15) is 0 Å². The Hall–Kier alpha value is -0.650.